The van der Waals surface area contributed by atoms with Crippen molar-refractivity contribution in [2.45, 2.75) is 5.25 Å². The van der Waals surface area contributed by atoms with Gasteiger partial charge in [-0.05, 0) is 35.8 Å². The number of amidine groups is 1. The highest BCUT2D eigenvalue weighted by atomic mass is 32.2. The Bertz CT molecular complexity index is 889. The third kappa shape index (κ3) is 4.28. The number of hydrogen-bond donors (Lipinski definition) is 0. The molecule has 0 bridgehead atoms. The Morgan fingerprint density at radius 3 is 2.85 bits per heavy atom. The Labute approximate surface area is 161 Å². The molecule has 7 nitrogen and oxygen atoms in total. The van der Waals surface area contributed by atoms with Crippen molar-refractivity contribution >= 4 is 41.2 Å². The number of likely N-dealkylation sites (N-methyl/N-ethyl adjacent to an activating group) is 1. The molecule has 140 valence electrons. The number of nitrogens with zero attached hydrogens (tertiary/aromatic N) is 3. The molecule has 1 atom stereocenters. The molecule has 2 aliphatic rings. The van der Waals surface area contributed by atoms with Gasteiger partial charge in [-0.1, -0.05) is 0 Å². The van der Waals surface area contributed by atoms with Gasteiger partial charge < -0.3 is 14.4 Å². The smallest absolute Gasteiger partial charge is 0.267 e. The first kappa shape index (κ1) is 18.9. The van der Waals surface area contributed by atoms with Crippen LogP contribution in [0.1, 0.15) is 5.56 Å². The van der Waals surface area contributed by atoms with Crippen molar-refractivity contribution in [3.05, 3.63) is 41.3 Å². The number of rotatable bonds is 6. The minimum atomic E-state index is -0.338. The molecular formula is C19H19N3O4S. The van der Waals surface area contributed by atoms with E-state index in [4.69, 9.17) is 9.47 Å². The Balaban J connectivity index is 1.69. The van der Waals surface area contributed by atoms with E-state index >= 15 is 0 Å². The number of thioether (sulfide) groups is 1. The highest BCUT2D eigenvalue weighted by Gasteiger charge is 2.30. The van der Waals surface area contributed by atoms with Gasteiger partial charge in [0.2, 0.25) is 5.91 Å². The zero-order valence-electron chi connectivity index (χ0n) is 15.2. The summed E-state index contributed by atoms with van der Waals surface area (Å²) in [6, 6.07) is 5.34. The first-order valence-corrected chi connectivity index (χ1v) is 9.13. The SMILES string of the molecule is COc1ccc(OC)c(/C=C/C(=O)N(C)CC2=NC(=O)C3SC=CC3=N2)c1. The molecule has 1 aromatic carbocycles. The maximum atomic E-state index is 12.4. The molecule has 0 spiro atoms. The molecular weight excluding hydrogens is 366 g/mol. The summed E-state index contributed by atoms with van der Waals surface area (Å²) in [5.41, 5.74) is 1.41. The van der Waals surface area contributed by atoms with Crippen LogP contribution in [0.2, 0.25) is 0 Å². The monoisotopic (exact) mass is 385 g/mol. The predicted molar refractivity (Wildman–Crippen MR) is 107 cm³/mol. The number of benzene rings is 1. The van der Waals surface area contributed by atoms with Gasteiger partial charge in [0, 0.05) is 18.7 Å². The van der Waals surface area contributed by atoms with Gasteiger partial charge in [-0.25, -0.2) is 4.99 Å². The standard InChI is InChI=1S/C19H19N3O4S/c1-22(11-16-20-14-8-9-27-18(14)19(24)21-16)17(23)7-4-12-10-13(25-2)5-6-15(12)26-3/h4-10,18H,11H2,1-3H3/b7-4+. The Morgan fingerprint density at radius 1 is 1.30 bits per heavy atom. The zero-order valence-corrected chi connectivity index (χ0v) is 16.0. The third-order valence-corrected chi connectivity index (χ3v) is 5.05. The van der Waals surface area contributed by atoms with Crippen LogP contribution in [0.15, 0.2) is 45.7 Å². The first-order valence-electron chi connectivity index (χ1n) is 8.19. The summed E-state index contributed by atoms with van der Waals surface area (Å²) in [4.78, 5) is 34.2. The second-order valence-corrected chi connectivity index (χ2v) is 6.87. The fraction of sp³-hybridized carbons (Fsp3) is 0.263. The van der Waals surface area contributed by atoms with Crippen LogP contribution in [0.3, 0.4) is 0 Å². The van der Waals surface area contributed by atoms with Crippen molar-refractivity contribution in [3.63, 3.8) is 0 Å². The molecule has 0 N–H and O–H groups in total. The molecule has 2 aliphatic heterocycles. The zero-order chi connectivity index (χ0) is 19.4. The number of ether oxygens (including phenoxy) is 2. The maximum Gasteiger partial charge on any atom is 0.267 e. The molecule has 8 heteroatoms. The number of methoxy groups -OCH3 is 2. The Hall–Kier alpha value is -2.87. The van der Waals surface area contributed by atoms with E-state index in [9.17, 15) is 9.59 Å². The van der Waals surface area contributed by atoms with E-state index in [0.717, 1.165) is 5.56 Å². The van der Waals surface area contributed by atoms with Gasteiger partial charge in [0.05, 0.1) is 26.5 Å². The molecule has 0 aliphatic carbocycles. The largest absolute Gasteiger partial charge is 0.497 e. The lowest BCUT2D eigenvalue weighted by Gasteiger charge is -2.18. The Kier molecular flexibility index (Phi) is 5.75. The van der Waals surface area contributed by atoms with Gasteiger partial charge in [0.25, 0.3) is 5.91 Å². The molecule has 0 saturated carbocycles. The second kappa shape index (κ2) is 8.22. The van der Waals surface area contributed by atoms with Gasteiger partial charge in [0.15, 0.2) is 5.84 Å². The summed E-state index contributed by atoms with van der Waals surface area (Å²) < 4.78 is 10.5. The first-order chi connectivity index (χ1) is 13.0. The summed E-state index contributed by atoms with van der Waals surface area (Å²) >= 11 is 1.39. The van der Waals surface area contributed by atoms with Crippen molar-refractivity contribution in [2.75, 3.05) is 27.8 Å². The third-order valence-electron chi connectivity index (χ3n) is 4.04. The van der Waals surface area contributed by atoms with Crippen molar-refractivity contribution in [1.82, 2.24) is 4.90 Å². The molecule has 1 unspecified atom stereocenters. The van der Waals surface area contributed by atoms with Crippen LogP contribution in [0, 0.1) is 0 Å². The quantitative estimate of drug-likeness (QED) is 0.701. The predicted octanol–water partition coefficient (Wildman–Crippen LogP) is 2.18. The normalized spacial score (nSPS) is 18.2. The lowest BCUT2D eigenvalue weighted by Crippen LogP contribution is -2.35. The summed E-state index contributed by atoms with van der Waals surface area (Å²) in [5, 5.41) is 1.49. The summed E-state index contributed by atoms with van der Waals surface area (Å²) in [6.07, 6.45) is 4.90. The van der Waals surface area contributed by atoms with Crippen LogP contribution in [0.25, 0.3) is 6.08 Å². The molecule has 1 aromatic rings. The molecule has 3 rings (SSSR count). The molecule has 0 radical (unpaired) electrons. The van der Waals surface area contributed by atoms with Crippen molar-refractivity contribution in [2.24, 2.45) is 9.98 Å². The fourth-order valence-electron chi connectivity index (χ4n) is 2.60. The van der Waals surface area contributed by atoms with E-state index < -0.39 is 0 Å². The fourth-order valence-corrected chi connectivity index (χ4v) is 3.42. The number of allylic oxidation sites excluding steroid dienone is 1. The Morgan fingerprint density at radius 2 is 2.11 bits per heavy atom. The highest BCUT2D eigenvalue weighted by molar-refractivity contribution is 8.04. The number of carbonyl (C=O) groups is 2. The topological polar surface area (TPSA) is 80.6 Å². The average molecular weight is 385 g/mol. The van der Waals surface area contributed by atoms with Crippen LogP contribution in [-0.2, 0) is 9.59 Å². The van der Waals surface area contributed by atoms with Gasteiger partial charge in [-0.3, -0.25) is 9.59 Å². The number of carbonyl (C=O) groups excluding carboxylic acids is 2. The van der Waals surface area contributed by atoms with Crippen molar-refractivity contribution in [1.29, 1.82) is 0 Å². The van der Waals surface area contributed by atoms with E-state index in [2.05, 4.69) is 9.98 Å². The van der Waals surface area contributed by atoms with E-state index in [1.165, 1.54) is 22.7 Å². The van der Waals surface area contributed by atoms with E-state index in [0.29, 0.717) is 23.0 Å². The lowest BCUT2D eigenvalue weighted by atomic mass is 10.1. The number of fused-ring (bicyclic) bond motifs is 1. The number of hydrogen-bond acceptors (Lipinski definition) is 6. The molecule has 0 saturated heterocycles. The van der Waals surface area contributed by atoms with Gasteiger partial charge in [-0.15, -0.1) is 11.8 Å². The summed E-state index contributed by atoms with van der Waals surface area (Å²) in [6.45, 7) is 0.152. The average Bonchev–Trinajstić information content (AvgIpc) is 3.14. The van der Waals surface area contributed by atoms with Crippen LogP contribution in [-0.4, -0.2) is 61.3 Å². The summed E-state index contributed by atoms with van der Waals surface area (Å²) in [5.74, 6) is 1.16. The second-order valence-electron chi connectivity index (χ2n) is 5.86. The van der Waals surface area contributed by atoms with Gasteiger partial charge in [0.1, 0.15) is 16.7 Å². The van der Waals surface area contributed by atoms with Crippen LogP contribution in [0.4, 0.5) is 0 Å². The molecule has 2 heterocycles. The number of amides is 2. The van der Waals surface area contributed by atoms with Crippen molar-refractivity contribution in [3.8, 4) is 11.5 Å². The molecule has 0 fully saturated rings. The summed E-state index contributed by atoms with van der Waals surface area (Å²) in [7, 11) is 4.77. The molecule has 0 aromatic heterocycles. The van der Waals surface area contributed by atoms with Crippen LogP contribution < -0.4 is 9.47 Å². The lowest BCUT2D eigenvalue weighted by molar-refractivity contribution is -0.124. The van der Waals surface area contributed by atoms with Crippen LogP contribution in [0.5, 0.6) is 11.5 Å². The molecule has 27 heavy (non-hydrogen) atoms. The maximum absolute atomic E-state index is 12.4. The van der Waals surface area contributed by atoms with E-state index in [-0.39, 0.29) is 23.6 Å². The minimum Gasteiger partial charge on any atom is -0.497 e. The van der Waals surface area contributed by atoms with Crippen molar-refractivity contribution < 1.29 is 19.1 Å². The number of aliphatic imine (C=N–C) groups is 2. The molecule has 2 amide bonds. The van der Waals surface area contributed by atoms with E-state index in [1.807, 2.05) is 5.41 Å². The van der Waals surface area contributed by atoms with Crippen LogP contribution >= 0.6 is 11.8 Å². The van der Waals surface area contributed by atoms with Gasteiger partial charge >= 0.3 is 0 Å². The minimum absolute atomic E-state index is 0.152. The highest BCUT2D eigenvalue weighted by Crippen LogP contribution is 2.26. The van der Waals surface area contributed by atoms with E-state index in [1.54, 1.807) is 51.6 Å². The van der Waals surface area contributed by atoms with Gasteiger partial charge in [-0.2, -0.15) is 4.99 Å².